The van der Waals surface area contributed by atoms with Gasteiger partial charge in [0.05, 0.1) is 7.11 Å². The highest BCUT2D eigenvalue weighted by atomic mass is 32.1. The number of nitrogens with zero attached hydrogens (tertiary/aromatic N) is 4. The Balaban J connectivity index is 1.69. The highest BCUT2D eigenvalue weighted by Crippen LogP contribution is 2.19. The monoisotopic (exact) mass is 364 g/mol. The van der Waals surface area contributed by atoms with Crippen molar-refractivity contribution in [1.82, 2.24) is 19.8 Å². The number of fused-ring (bicyclic) bond motifs is 1. The van der Waals surface area contributed by atoms with E-state index in [1.54, 1.807) is 7.11 Å². The summed E-state index contributed by atoms with van der Waals surface area (Å²) in [5.74, 6) is 0.808. The van der Waals surface area contributed by atoms with Gasteiger partial charge in [0.15, 0.2) is 5.69 Å². The van der Waals surface area contributed by atoms with E-state index in [1.165, 1.54) is 15.9 Å². The third-order valence-electron chi connectivity index (χ3n) is 4.07. The lowest BCUT2D eigenvalue weighted by Gasteiger charge is -2.01. The second-order valence-electron chi connectivity index (χ2n) is 5.93. The number of aromatic nitrogens is 4. The van der Waals surface area contributed by atoms with E-state index in [0.717, 1.165) is 27.4 Å². The van der Waals surface area contributed by atoms with Gasteiger partial charge < -0.3 is 4.74 Å². The summed E-state index contributed by atoms with van der Waals surface area (Å²) < 4.78 is 6.51. The fourth-order valence-electron chi connectivity index (χ4n) is 2.64. The van der Waals surface area contributed by atoms with E-state index in [9.17, 15) is 4.79 Å². The lowest BCUT2D eigenvalue weighted by Crippen LogP contribution is -2.19. The van der Waals surface area contributed by atoms with Crippen LogP contribution in [-0.2, 0) is 6.42 Å². The molecule has 0 radical (unpaired) electrons. The molecule has 2 aromatic carbocycles. The first-order chi connectivity index (χ1) is 12.6. The van der Waals surface area contributed by atoms with Gasteiger partial charge in [0.1, 0.15) is 10.8 Å². The maximum atomic E-state index is 12.8. The predicted octanol–water partition coefficient (Wildman–Crippen LogP) is 3.12. The second-order valence-corrected chi connectivity index (χ2v) is 6.98. The van der Waals surface area contributed by atoms with Gasteiger partial charge in [-0.05, 0) is 24.6 Å². The van der Waals surface area contributed by atoms with Gasteiger partial charge in [-0.15, -0.1) is 10.2 Å². The summed E-state index contributed by atoms with van der Waals surface area (Å²) in [7, 11) is 1.64. The van der Waals surface area contributed by atoms with Crippen LogP contribution in [0.1, 0.15) is 16.1 Å². The van der Waals surface area contributed by atoms with Crippen LogP contribution in [0, 0.1) is 6.92 Å². The Labute approximate surface area is 153 Å². The van der Waals surface area contributed by atoms with Crippen LogP contribution in [0.4, 0.5) is 0 Å². The van der Waals surface area contributed by atoms with Crippen molar-refractivity contribution in [3.05, 3.63) is 75.0 Å². The third-order valence-corrected chi connectivity index (χ3v) is 4.97. The predicted molar refractivity (Wildman–Crippen MR) is 101 cm³/mol. The summed E-state index contributed by atoms with van der Waals surface area (Å²) in [6.07, 6.45) is 0.622. The van der Waals surface area contributed by atoms with Crippen LogP contribution in [-0.4, -0.2) is 26.9 Å². The Morgan fingerprint density at radius 2 is 1.77 bits per heavy atom. The van der Waals surface area contributed by atoms with Gasteiger partial charge in [-0.1, -0.05) is 53.3 Å². The molecule has 6 nitrogen and oxygen atoms in total. The summed E-state index contributed by atoms with van der Waals surface area (Å²) in [5, 5.41) is 13.6. The van der Waals surface area contributed by atoms with Gasteiger partial charge in [0, 0.05) is 12.0 Å². The highest BCUT2D eigenvalue weighted by Gasteiger charge is 2.13. The van der Waals surface area contributed by atoms with Crippen molar-refractivity contribution in [3.8, 4) is 17.0 Å². The first kappa shape index (κ1) is 16.4. The molecule has 130 valence electrons. The Hall–Kier alpha value is -3.06. The van der Waals surface area contributed by atoms with Crippen molar-refractivity contribution in [2.75, 3.05) is 7.11 Å². The van der Waals surface area contributed by atoms with E-state index >= 15 is 0 Å². The Bertz CT molecular complexity index is 1120. The first-order valence-corrected chi connectivity index (χ1v) is 8.91. The molecule has 2 aromatic heterocycles. The minimum Gasteiger partial charge on any atom is -0.497 e. The molecule has 0 saturated carbocycles. The van der Waals surface area contributed by atoms with Crippen LogP contribution in [0.5, 0.6) is 5.75 Å². The van der Waals surface area contributed by atoms with E-state index < -0.39 is 0 Å². The third kappa shape index (κ3) is 3.09. The molecule has 0 saturated heterocycles. The molecule has 2 heterocycles. The minimum absolute atomic E-state index is 0.254. The van der Waals surface area contributed by atoms with Gasteiger partial charge in [0.25, 0.3) is 0 Å². The van der Waals surface area contributed by atoms with Gasteiger partial charge in [-0.3, -0.25) is 4.79 Å². The molecule has 0 fully saturated rings. The van der Waals surface area contributed by atoms with Gasteiger partial charge >= 0.3 is 5.56 Å². The van der Waals surface area contributed by atoms with Crippen LogP contribution < -0.4 is 10.3 Å². The molecule has 4 rings (SSSR count). The molecule has 0 N–H and O–H groups in total. The molecule has 0 unspecified atom stereocenters. The Morgan fingerprint density at radius 3 is 2.46 bits per heavy atom. The molecule has 0 aliphatic rings. The van der Waals surface area contributed by atoms with Crippen molar-refractivity contribution in [2.24, 2.45) is 0 Å². The maximum absolute atomic E-state index is 12.8. The lowest BCUT2D eigenvalue weighted by molar-refractivity contribution is 0.414. The average molecular weight is 364 g/mol. The van der Waals surface area contributed by atoms with Crippen LogP contribution >= 0.6 is 11.3 Å². The van der Waals surface area contributed by atoms with E-state index in [0.29, 0.717) is 17.1 Å². The van der Waals surface area contributed by atoms with E-state index in [2.05, 4.69) is 15.3 Å². The first-order valence-electron chi connectivity index (χ1n) is 8.09. The van der Waals surface area contributed by atoms with Crippen molar-refractivity contribution >= 4 is 16.3 Å². The molecule has 0 aliphatic heterocycles. The van der Waals surface area contributed by atoms with E-state index in [-0.39, 0.29) is 5.56 Å². The number of aryl methyl sites for hydroxylation is 1. The minimum atomic E-state index is -0.254. The second kappa shape index (κ2) is 6.68. The lowest BCUT2D eigenvalue weighted by atomic mass is 10.1. The normalized spacial score (nSPS) is 11.0. The molecule has 0 spiro atoms. The van der Waals surface area contributed by atoms with E-state index in [1.807, 2.05) is 55.5 Å². The molecule has 0 bridgehead atoms. The number of hydrogen-bond donors (Lipinski definition) is 0. The smallest absolute Gasteiger partial charge is 0.302 e. The SMILES string of the molecule is COc1ccc(Cc2nn3c(=O)c(-c4ccc(C)cc4)nnc3s2)cc1. The van der Waals surface area contributed by atoms with Gasteiger partial charge in [-0.2, -0.15) is 9.61 Å². The quantitative estimate of drug-likeness (QED) is 0.556. The average Bonchev–Trinajstić information content (AvgIpc) is 3.07. The fraction of sp³-hybridized carbons (Fsp3) is 0.158. The van der Waals surface area contributed by atoms with Crippen LogP contribution in [0.3, 0.4) is 0 Å². The summed E-state index contributed by atoms with van der Waals surface area (Å²) in [6, 6.07) is 15.4. The number of rotatable bonds is 4. The molecule has 0 amide bonds. The molecule has 0 aliphatic carbocycles. The van der Waals surface area contributed by atoms with Crippen LogP contribution in [0.15, 0.2) is 53.3 Å². The van der Waals surface area contributed by atoms with Crippen molar-refractivity contribution < 1.29 is 4.74 Å². The number of benzene rings is 2. The fourth-order valence-corrected chi connectivity index (χ4v) is 3.50. The summed E-state index contributed by atoms with van der Waals surface area (Å²) in [4.78, 5) is 13.2. The molecule has 26 heavy (non-hydrogen) atoms. The zero-order valence-corrected chi connectivity index (χ0v) is 15.2. The maximum Gasteiger partial charge on any atom is 0.302 e. The summed E-state index contributed by atoms with van der Waals surface area (Å²) in [5.41, 5.74) is 3.01. The standard InChI is InChI=1S/C19H16N4O2S/c1-12-3-7-14(8-4-12)17-18(24)23-19(21-20-17)26-16(22-23)11-13-5-9-15(25-2)10-6-13/h3-10H,11H2,1-2H3. The van der Waals surface area contributed by atoms with Crippen molar-refractivity contribution in [2.45, 2.75) is 13.3 Å². The zero-order valence-electron chi connectivity index (χ0n) is 14.3. The summed E-state index contributed by atoms with van der Waals surface area (Å²) in [6.45, 7) is 2.00. The Kier molecular flexibility index (Phi) is 4.22. The largest absolute Gasteiger partial charge is 0.497 e. The molecule has 7 heteroatoms. The molecule has 4 aromatic rings. The van der Waals surface area contributed by atoms with Crippen LogP contribution in [0.2, 0.25) is 0 Å². The van der Waals surface area contributed by atoms with E-state index in [4.69, 9.17) is 4.74 Å². The molecule has 0 atom stereocenters. The van der Waals surface area contributed by atoms with Crippen LogP contribution in [0.25, 0.3) is 16.2 Å². The topological polar surface area (TPSA) is 69.4 Å². The van der Waals surface area contributed by atoms with Gasteiger partial charge in [-0.25, -0.2) is 0 Å². The van der Waals surface area contributed by atoms with Gasteiger partial charge in [0.2, 0.25) is 4.96 Å². The zero-order chi connectivity index (χ0) is 18.1. The summed E-state index contributed by atoms with van der Waals surface area (Å²) >= 11 is 1.37. The number of methoxy groups -OCH3 is 1. The molecular weight excluding hydrogens is 348 g/mol. The highest BCUT2D eigenvalue weighted by molar-refractivity contribution is 7.16. The van der Waals surface area contributed by atoms with Crippen molar-refractivity contribution in [3.63, 3.8) is 0 Å². The number of hydrogen-bond acceptors (Lipinski definition) is 6. The Morgan fingerprint density at radius 1 is 1.04 bits per heavy atom. The number of ether oxygens (including phenoxy) is 1. The van der Waals surface area contributed by atoms with Crippen molar-refractivity contribution in [1.29, 1.82) is 0 Å². The molecular formula is C19H16N4O2S.